The number of likely N-dealkylation sites (tertiary alicyclic amines) is 1. The van der Waals surface area contributed by atoms with E-state index in [1.807, 2.05) is 23.9 Å². The summed E-state index contributed by atoms with van der Waals surface area (Å²) >= 11 is 0. The van der Waals surface area contributed by atoms with Crippen molar-refractivity contribution in [2.24, 2.45) is 0 Å². The van der Waals surface area contributed by atoms with Gasteiger partial charge in [0.2, 0.25) is 5.91 Å². The number of rotatable bonds is 4. The van der Waals surface area contributed by atoms with Gasteiger partial charge >= 0.3 is 0 Å². The minimum atomic E-state index is -0.0670. The summed E-state index contributed by atoms with van der Waals surface area (Å²) in [5.74, 6) is 0.479. The highest BCUT2D eigenvalue weighted by Crippen LogP contribution is 2.31. The lowest BCUT2D eigenvalue weighted by Crippen LogP contribution is -2.27. The number of nitrogens with zero attached hydrogens (tertiary/aromatic N) is 7. The van der Waals surface area contributed by atoms with Gasteiger partial charge in [0.15, 0.2) is 0 Å². The monoisotopic (exact) mass is 377 g/mol. The van der Waals surface area contributed by atoms with Gasteiger partial charge in [-0.2, -0.15) is 10.4 Å². The molecule has 0 radical (unpaired) electrons. The average molecular weight is 377 g/mol. The van der Waals surface area contributed by atoms with Crippen molar-refractivity contribution in [2.45, 2.75) is 19.4 Å². The second-order valence-electron chi connectivity index (χ2n) is 6.66. The van der Waals surface area contributed by atoms with Gasteiger partial charge in [-0.05, 0) is 25.5 Å². The molecule has 1 fully saturated rings. The fraction of sp³-hybridized carbons (Fsp3) is 0.316. The first-order valence-electron chi connectivity index (χ1n) is 8.86. The fourth-order valence-corrected chi connectivity index (χ4v) is 3.68. The normalized spacial score (nSPS) is 16.3. The van der Waals surface area contributed by atoms with Crippen molar-refractivity contribution in [1.29, 1.82) is 5.26 Å². The second kappa shape index (κ2) is 6.81. The fourth-order valence-electron chi connectivity index (χ4n) is 3.68. The molecule has 0 saturated carbocycles. The number of pyridine rings is 1. The summed E-state index contributed by atoms with van der Waals surface area (Å²) in [6, 6.07) is 4.03. The Bertz CT molecular complexity index is 1120. The second-order valence-corrected chi connectivity index (χ2v) is 6.66. The van der Waals surface area contributed by atoms with Crippen LogP contribution in [-0.4, -0.2) is 55.6 Å². The molecule has 1 amide bonds. The Labute approximate surface area is 161 Å². The number of methoxy groups -OCH3 is 1. The van der Waals surface area contributed by atoms with Crippen LogP contribution in [0.15, 0.2) is 31.1 Å². The quantitative estimate of drug-likeness (QED) is 0.642. The van der Waals surface area contributed by atoms with Crippen LogP contribution < -0.4 is 4.74 Å². The van der Waals surface area contributed by atoms with Gasteiger partial charge in [-0.15, -0.1) is 5.10 Å². The molecule has 1 aliphatic rings. The number of amides is 1. The first-order valence-corrected chi connectivity index (χ1v) is 8.86. The minimum Gasteiger partial charge on any atom is -0.494 e. The number of aromatic nitrogens is 5. The SMILES string of the molecule is C=CC(=O)N1CC[C@@H](n2nnc(-c3cc(OC)c4c(C#N)cnn4c3)c2C)C1. The number of carbonyl (C=O) groups is 1. The Kier molecular flexibility index (Phi) is 4.31. The van der Waals surface area contributed by atoms with E-state index in [2.05, 4.69) is 28.1 Å². The maximum Gasteiger partial charge on any atom is 0.246 e. The summed E-state index contributed by atoms with van der Waals surface area (Å²) in [5, 5.41) is 22.2. The number of hydrogen-bond acceptors (Lipinski definition) is 6. The standard InChI is InChI=1S/C19H19N7O2/c1-4-17(27)24-6-5-15(11-24)26-12(2)18(22-23-26)13-7-16(28-3)19-14(8-20)9-21-25(19)10-13/h4,7,9-10,15H,1,5-6,11H2,2-3H3/t15-/m1/s1. The first-order chi connectivity index (χ1) is 13.6. The molecule has 28 heavy (non-hydrogen) atoms. The van der Waals surface area contributed by atoms with E-state index in [0.717, 1.165) is 17.7 Å². The molecule has 0 spiro atoms. The van der Waals surface area contributed by atoms with Gasteiger partial charge in [-0.1, -0.05) is 11.8 Å². The minimum absolute atomic E-state index is 0.0670. The van der Waals surface area contributed by atoms with Crippen LogP contribution in [0.4, 0.5) is 0 Å². The molecule has 0 N–H and O–H groups in total. The molecule has 3 aromatic heterocycles. The van der Waals surface area contributed by atoms with Gasteiger partial charge in [0.05, 0.1) is 25.0 Å². The van der Waals surface area contributed by atoms with Gasteiger partial charge in [0, 0.05) is 24.8 Å². The molecule has 0 bridgehead atoms. The van der Waals surface area contributed by atoms with Crippen molar-refractivity contribution in [3.8, 4) is 23.1 Å². The predicted octanol–water partition coefficient (Wildman–Crippen LogP) is 1.74. The molecule has 0 aliphatic carbocycles. The van der Waals surface area contributed by atoms with E-state index >= 15 is 0 Å². The Hall–Kier alpha value is -3.67. The van der Waals surface area contributed by atoms with Gasteiger partial charge in [0.25, 0.3) is 0 Å². The smallest absolute Gasteiger partial charge is 0.246 e. The molecule has 4 heterocycles. The Morgan fingerprint density at radius 3 is 3.04 bits per heavy atom. The molecular weight excluding hydrogens is 358 g/mol. The van der Waals surface area contributed by atoms with Crippen molar-refractivity contribution < 1.29 is 9.53 Å². The zero-order valence-electron chi connectivity index (χ0n) is 15.7. The molecule has 1 aliphatic heterocycles. The highest BCUT2D eigenvalue weighted by atomic mass is 16.5. The third-order valence-electron chi connectivity index (χ3n) is 5.11. The van der Waals surface area contributed by atoms with Gasteiger partial charge in [-0.3, -0.25) is 4.79 Å². The molecule has 9 heteroatoms. The maximum absolute atomic E-state index is 11.8. The van der Waals surface area contributed by atoms with Gasteiger partial charge in [0.1, 0.15) is 28.6 Å². The molecule has 1 saturated heterocycles. The number of fused-ring (bicyclic) bond motifs is 1. The van der Waals surface area contributed by atoms with Crippen LogP contribution in [0.2, 0.25) is 0 Å². The highest BCUT2D eigenvalue weighted by molar-refractivity contribution is 5.87. The van der Waals surface area contributed by atoms with Crippen LogP contribution in [0.5, 0.6) is 5.75 Å². The van der Waals surface area contributed by atoms with Crippen molar-refractivity contribution in [3.05, 3.63) is 42.4 Å². The lowest BCUT2D eigenvalue weighted by Gasteiger charge is -2.15. The lowest BCUT2D eigenvalue weighted by atomic mass is 10.1. The number of hydrogen-bond donors (Lipinski definition) is 0. The molecule has 1 atom stereocenters. The summed E-state index contributed by atoms with van der Waals surface area (Å²) in [6.45, 7) is 6.76. The Balaban J connectivity index is 1.71. The van der Waals surface area contributed by atoms with Crippen LogP contribution in [0.1, 0.15) is 23.7 Å². The van der Waals surface area contributed by atoms with Crippen molar-refractivity contribution in [3.63, 3.8) is 0 Å². The maximum atomic E-state index is 11.8. The van der Waals surface area contributed by atoms with E-state index < -0.39 is 0 Å². The van der Waals surface area contributed by atoms with Crippen molar-refractivity contribution in [1.82, 2.24) is 29.5 Å². The summed E-state index contributed by atoms with van der Waals surface area (Å²) in [4.78, 5) is 13.6. The van der Waals surface area contributed by atoms with Gasteiger partial charge in [-0.25, -0.2) is 9.20 Å². The zero-order valence-corrected chi connectivity index (χ0v) is 15.7. The Morgan fingerprint density at radius 2 is 2.32 bits per heavy atom. The molecule has 3 aromatic rings. The summed E-state index contributed by atoms with van der Waals surface area (Å²) in [5.41, 5.74) is 3.46. The average Bonchev–Trinajstić information content (AvgIpc) is 3.44. The third-order valence-corrected chi connectivity index (χ3v) is 5.11. The van der Waals surface area contributed by atoms with Crippen LogP contribution >= 0.6 is 0 Å². The van der Waals surface area contributed by atoms with Crippen molar-refractivity contribution >= 4 is 11.4 Å². The topological polar surface area (TPSA) is 101 Å². The van der Waals surface area contributed by atoms with Crippen LogP contribution in [0.25, 0.3) is 16.8 Å². The van der Waals surface area contributed by atoms with E-state index in [1.54, 1.807) is 16.5 Å². The molecule has 4 rings (SSSR count). The largest absolute Gasteiger partial charge is 0.494 e. The first kappa shape index (κ1) is 17.7. The van der Waals surface area contributed by atoms with E-state index in [4.69, 9.17) is 4.74 Å². The van der Waals surface area contributed by atoms with Crippen molar-refractivity contribution in [2.75, 3.05) is 20.2 Å². The number of carbonyl (C=O) groups excluding carboxylic acids is 1. The number of nitriles is 1. The highest BCUT2D eigenvalue weighted by Gasteiger charge is 2.29. The van der Waals surface area contributed by atoms with E-state index in [1.165, 1.54) is 12.3 Å². The molecular formula is C19H19N7O2. The van der Waals surface area contributed by atoms with E-state index in [9.17, 15) is 10.1 Å². The predicted molar refractivity (Wildman–Crippen MR) is 101 cm³/mol. The van der Waals surface area contributed by atoms with Gasteiger partial charge < -0.3 is 9.64 Å². The van der Waals surface area contributed by atoms with Crippen LogP contribution in [0, 0.1) is 18.3 Å². The Morgan fingerprint density at radius 1 is 1.50 bits per heavy atom. The molecule has 0 unspecified atom stereocenters. The van der Waals surface area contributed by atoms with E-state index in [0.29, 0.717) is 35.6 Å². The summed E-state index contributed by atoms with van der Waals surface area (Å²) in [7, 11) is 1.56. The zero-order chi connectivity index (χ0) is 19.8. The summed E-state index contributed by atoms with van der Waals surface area (Å²) in [6.07, 6.45) is 5.47. The number of ether oxygens (including phenoxy) is 1. The molecule has 0 aromatic carbocycles. The van der Waals surface area contributed by atoms with Crippen LogP contribution in [0.3, 0.4) is 0 Å². The third kappa shape index (κ3) is 2.70. The molecule has 142 valence electrons. The van der Waals surface area contributed by atoms with Crippen LogP contribution in [-0.2, 0) is 4.79 Å². The lowest BCUT2D eigenvalue weighted by molar-refractivity contribution is -0.125. The van der Waals surface area contributed by atoms with E-state index in [-0.39, 0.29) is 11.9 Å². The summed E-state index contributed by atoms with van der Waals surface area (Å²) < 4.78 is 8.95. The molecule has 9 nitrogen and oxygen atoms in total.